The number of imide groups is 1. The summed E-state index contributed by atoms with van der Waals surface area (Å²) in [5.74, 6) is -0.488. The van der Waals surface area contributed by atoms with Crippen LogP contribution >= 0.6 is 0 Å². The third kappa shape index (κ3) is 5.64. The summed E-state index contributed by atoms with van der Waals surface area (Å²) in [5, 5.41) is 6.90. The Morgan fingerprint density at radius 2 is 1.96 bits per heavy atom. The Labute approximate surface area is 137 Å². The van der Waals surface area contributed by atoms with Gasteiger partial charge in [-0.25, -0.2) is 4.79 Å². The lowest BCUT2D eigenvalue weighted by molar-refractivity contribution is -0.137. The summed E-state index contributed by atoms with van der Waals surface area (Å²) < 4.78 is 44.0. The molecule has 1 aromatic rings. The van der Waals surface area contributed by atoms with Crippen LogP contribution in [0.15, 0.2) is 18.2 Å². The number of nitrogens with one attached hydrogen (secondary N) is 3. The molecule has 1 aromatic carbocycles. The molecule has 0 fully saturated rings. The normalized spacial score (nSPS) is 12.2. The largest absolute Gasteiger partial charge is 0.491 e. The third-order valence-corrected chi connectivity index (χ3v) is 3.00. The zero-order valence-corrected chi connectivity index (χ0v) is 13.6. The SMILES string of the molecule is CCCOc1ccc(C(F)(F)F)cc1NC(C)C(=O)NC(=O)NC. The molecule has 9 heteroatoms. The van der Waals surface area contributed by atoms with Gasteiger partial charge in [-0.2, -0.15) is 13.2 Å². The fourth-order valence-electron chi connectivity index (χ4n) is 1.74. The van der Waals surface area contributed by atoms with Crippen molar-refractivity contribution in [2.75, 3.05) is 19.0 Å². The first-order valence-corrected chi connectivity index (χ1v) is 7.32. The zero-order valence-electron chi connectivity index (χ0n) is 13.6. The number of hydrogen-bond acceptors (Lipinski definition) is 4. The monoisotopic (exact) mass is 347 g/mol. The smallest absolute Gasteiger partial charge is 0.416 e. The van der Waals surface area contributed by atoms with Gasteiger partial charge in [0.15, 0.2) is 0 Å². The van der Waals surface area contributed by atoms with E-state index in [1.54, 1.807) is 0 Å². The highest BCUT2D eigenvalue weighted by molar-refractivity contribution is 5.98. The molecule has 1 unspecified atom stereocenters. The minimum absolute atomic E-state index is 0.0258. The lowest BCUT2D eigenvalue weighted by Gasteiger charge is -2.19. The summed E-state index contributed by atoms with van der Waals surface area (Å²) >= 11 is 0. The second kappa shape index (κ2) is 8.42. The molecule has 0 aliphatic rings. The van der Waals surface area contributed by atoms with Crippen LogP contribution in [-0.2, 0) is 11.0 Å². The molecule has 1 atom stereocenters. The van der Waals surface area contributed by atoms with Gasteiger partial charge in [0, 0.05) is 7.05 Å². The van der Waals surface area contributed by atoms with Crippen LogP contribution in [0.2, 0.25) is 0 Å². The highest BCUT2D eigenvalue weighted by Crippen LogP contribution is 2.35. The molecule has 24 heavy (non-hydrogen) atoms. The molecule has 0 bridgehead atoms. The zero-order chi connectivity index (χ0) is 18.3. The van der Waals surface area contributed by atoms with E-state index in [0.717, 1.165) is 12.1 Å². The lowest BCUT2D eigenvalue weighted by Crippen LogP contribution is -2.44. The first-order chi connectivity index (χ1) is 11.2. The van der Waals surface area contributed by atoms with E-state index in [9.17, 15) is 22.8 Å². The molecule has 0 aliphatic carbocycles. The second-order valence-corrected chi connectivity index (χ2v) is 4.99. The Morgan fingerprint density at radius 3 is 2.50 bits per heavy atom. The average molecular weight is 347 g/mol. The number of urea groups is 1. The fourth-order valence-corrected chi connectivity index (χ4v) is 1.74. The number of carbonyl (C=O) groups is 2. The van der Waals surface area contributed by atoms with Gasteiger partial charge in [-0.05, 0) is 31.5 Å². The van der Waals surface area contributed by atoms with Gasteiger partial charge in [0.05, 0.1) is 17.9 Å². The van der Waals surface area contributed by atoms with Gasteiger partial charge < -0.3 is 15.4 Å². The second-order valence-electron chi connectivity index (χ2n) is 4.99. The summed E-state index contributed by atoms with van der Waals surface area (Å²) in [6, 6.07) is 1.32. The maximum atomic E-state index is 12.9. The van der Waals surface area contributed by atoms with E-state index in [2.05, 4.69) is 10.6 Å². The molecule has 0 radical (unpaired) electrons. The van der Waals surface area contributed by atoms with E-state index in [-0.39, 0.29) is 11.4 Å². The highest BCUT2D eigenvalue weighted by Gasteiger charge is 2.31. The van der Waals surface area contributed by atoms with Crippen molar-refractivity contribution in [3.63, 3.8) is 0 Å². The summed E-state index contributed by atoms with van der Waals surface area (Å²) in [6.07, 6.45) is -3.85. The van der Waals surface area contributed by atoms with Crippen LogP contribution in [-0.4, -0.2) is 31.6 Å². The number of amides is 3. The Bertz CT molecular complexity index is 591. The number of carbonyl (C=O) groups excluding carboxylic acids is 2. The standard InChI is InChI=1S/C15H20F3N3O3/c1-4-7-24-12-6-5-10(15(16,17)18)8-11(12)20-9(2)13(22)21-14(23)19-3/h5-6,8-9,20H,4,7H2,1-3H3,(H2,19,21,22,23). The number of halogens is 3. The van der Waals surface area contributed by atoms with E-state index in [0.29, 0.717) is 13.0 Å². The number of anilines is 1. The molecule has 1 rings (SSSR count). The van der Waals surface area contributed by atoms with Crippen molar-refractivity contribution >= 4 is 17.6 Å². The lowest BCUT2D eigenvalue weighted by atomic mass is 10.1. The first kappa shape index (κ1) is 19.6. The minimum Gasteiger partial charge on any atom is -0.491 e. The van der Waals surface area contributed by atoms with Crippen molar-refractivity contribution in [2.24, 2.45) is 0 Å². The first-order valence-electron chi connectivity index (χ1n) is 7.32. The molecule has 0 saturated carbocycles. The van der Waals surface area contributed by atoms with Gasteiger partial charge in [-0.3, -0.25) is 10.1 Å². The van der Waals surface area contributed by atoms with Crippen LogP contribution in [0.3, 0.4) is 0 Å². The van der Waals surface area contributed by atoms with Gasteiger partial charge in [0.25, 0.3) is 0 Å². The van der Waals surface area contributed by atoms with Crippen LogP contribution in [0.25, 0.3) is 0 Å². The van der Waals surface area contributed by atoms with E-state index >= 15 is 0 Å². The quantitative estimate of drug-likeness (QED) is 0.739. The molecule has 0 aliphatic heterocycles. The molecule has 3 amide bonds. The molecular weight excluding hydrogens is 327 g/mol. The number of rotatable bonds is 6. The average Bonchev–Trinajstić information content (AvgIpc) is 2.52. The van der Waals surface area contributed by atoms with Crippen molar-refractivity contribution in [1.29, 1.82) is 0 Å². The molecular formula is C15H20F3N3O3. The fraction of sp³-hybridized carbons (Fsp3) is 0.467. The topological polar surface area (TPSA) is 79.5 Å². The van der Waals surface area contributed by atoms with Crippen LogP contribution < -0.4 is 20.7 Å². The van der Waals surface area contributed by atoms with Crippen molar-refractivity contribution in [1.82, 2.24) is 10.6 Å². The van der Waals surface area contributed by atoms with Gasteiger partial charge in [0.2, 0.25) is 5.91 Å². The molecule has 3 N–H and O–H groups in total. The molecule has 0 saturated heterocycles. The number of benzene rings is 1. The van der Waals surface area contributed by atoms with Crippen molar-refractivity contribution in [2.45, 2.75) is 32.5 Å². The molecule has 0 aromatic heterocycles. The summed E-state index contributed by atoms with van der Waals surface area (Å²) in [5.41, 5.74) is -0.842. The van der Waals surface area contributed by atoms with Crippen LogP contribution in [0.4, 0.5) is 23.7 Å². The summed E-state index contributed by atoms with van der Waals surface area (Å²) in [6.45, 7) is 3.59. The Balaban J connectivity index is 3.00. The van der Waals surface area contributed by atoms with Crippen molar-refractivity contribution in [3.8, 4) is 5.75 Å². The van der Waals surface area contributed by atoms with Crippen molar-refractivity contribution in [3.05, 3.63) is 23.8 Å². The predicted octanol–water partition coefficient (Wildman–Crippen LogP) is 2.75. The molecule has 0 heterocycles. The van der Waals surface area contributed by atoms with E-state index in [1.807, 2.05) is 12.2 Å². The van der Waals surface area contributed by atoms with E-state index < -0.39 is 29.7 Å². The Hall–Kier alpha value is -2.45. The van der Waals surface area contributed by atoms with Gasteiger partial charge in [-0.15, -0.1) is 0 Å². The van der Waals surface area contributed by atoms with E-state index in [1.165, 1.54) is 20.0 Å². The molecule has 134 valence electrons. The maximum absolute atomic E-state index is 12.9. The number of ether oxygens (including phenoxy) is 1. The van der Waals surface area contributed by atoms with Gasteiger partial charge in [0.1, 0.15) is 11.8 Å². The van der Waals surface area contributed by atoms with Crippen LogP contribution in [0.5, 0.6) is 5.75 Å². The number of hydrogen-bond donors (Lipinski definition) is 3. The van der Waals surface area contributed by atoms with Crippen LogP contribution in [0.1, 0.15) is 25.8 Å². The minimum atomic E-state index is -4.52. The Morgan fingerprint density at radius 1 is 1.29 bits per heavy atom. The highest BCUT2D eigenvalue weighted by atomic mass is 19.4. The number of alkyl halides is 3. The van der Waals surface area contributed by atoms with Crippen molar-refractivity contribution < 1.29 is 27.5 Å². The molecule has 6 nitrogen and oxygen atoms in total. The van der Waals surface area contributed by atoms with Gasteiger partial charge in [-0.1, -0.05) is 6.92 Å². The summed E-state index contributed by atoms with van der Waals surface area (Å²) in [4.78, 5) is 23.0. The Kier molecular flexibility index (Phi) is 6.87. The maximum Gasteiger partial charge on any atom is 0.416 e. The van der Waals surface area contributed by atoms with Gasteiger partial charge >= 0.3 is 12.2 Å². The van der Waals surface area contributed by atoms with E-state index in [4.69, 9.17) is 4.74 Å². The molecule has 0 spiro atoms. The third-order valence-electron chi connectivity index (χ3n) is 3.00. The predicted molar refractivity (Wildman–Crippen MR) is 82.9 cm³/mol. The summed E-state index contributed by atoms with van der Waals surface area (Å²) in [7, 11) is 1.34. The van der Waals surface area contributed by atoms with Crippen LogP contribution in [0, 0.1) is 0 Å².